The lowest BCUT2D eigenvalue weighted by Gasteiger charge is -2.08. The molecule has 0 heterocycles. The van der Waals surface area contributed by atoms with Gasteiger partial charge in [-0.15, -0.1) is 0 Å². The summed E-state index contributed by atoms with van der Waals surface area (Å²) in [6.45, 7) is 2.68. The smallest absolute Gasteiger partial charge is 0.312 e. The number of halogens is 1. The predicted octanol–water partition coefficient (Wildman–Crippen LogP) is 4.94. The Balaban J connectivity index is 2.16. The van der Waals surface area contributed by atoms with Crippen LogP contribution in [0.5, 0.6) is 17.2 Å². The highest BCUT2D eigenvalue weighted by Gasteiger charge is 2.16. The number of benzene rings is 2. The van der Waals surface area contributed by atoms with Crippen molar-refractivity contribution in [1.82, 2.24) is 0 Å². The Morgan fingerprint density at radius 1 is 1.14 bits per heavy atom. The molecule has 0 amide bonds. The number of hydrogen-bond acceptors (Lipinski definition) is 4. The van der Waals surface area contributed by atoms with E-state index < -0.39 is 4.92 Å². The van der Waals surface area contributed by atoms with Crippen molar-refractivity contribution in [3.05, 3.63) is 57.1 Å². The highest BCUT2D eigenvalue weighted by Crippen LogP contribution is 2.34. The first-order valence-corrected chi connectivity index (χ1v) is 7.24. The molecule has 0 aromatic heterocycles. The zero-order valence-corrected chi connectivity index (χ0v) is 13.0. The molecule has 0 bridgehead atoms. The summed E-state index contributed by atoms with van der Waals surface area (Å²) in [7, 11) is 0. The van der Waals surface area contributed by atoms with Gasteiger partial charge in [0.1, 0.15) is 11.5 Å². The van der Waals surface area contributed by atoms with Crippen molar-refractivity contribution in [2.24, 2.45) is 0 Å². The van der Waals surface area contributed by atoms with Crippen LogP contribution in [0.2, 0.25) is 0 Å². The number of nitrogens with zero attached hydrogens (tertiary/aromatic N) is 1. The molecule has 5 nitrogen and oxygen atoms in total. The summed E-state index contributed by atoms with van der Waals surface area (Å²) in [4.78, 5) is 10.5. The van der Waals surface area contributed by atoms with E-state index in [0.29, 0.717) is 16.8 Å². The van der Waals surface area contributed by atoms with Crippen molar-refractivity contribution < 1.29 is 14.4 Å². The predicted molar refractivity (Wildman–Crippen MR) is 83.1 cm³/mol. The highest BCUT2D eigenvalue weighted by molar-refractivity contribution is 9.10. The number of rotatable bonds is 6. The van der Waals surface area contributed by atoms with E-state index in [1.807, 2.05) is 6.92 Å². The summed E-state index contributed by atoms with van der Waals surface area (Å²) < 4.78 is 11.7. The van der Waals surface area contributed by atoms with Crippen LogP contribution < -0.4 is 9.47 Å². The molecule has 2 rings (SSSR count). The molecule has 0 radical (unpaired) electrons. The average molecular weight is 352 g/mol. The normalized spacial score (nSPS) is 10.2. The van der Waals surface area contributed by atoms with Crippen LogP contribution in [0.15, 0.2) is 46.9 Å². The number of nitro benzene ring substituents is 1. The van der Waals surface area contributed by atoms with Gasteiger partial charge in [-0.25, -0.2) is 0 Å². The van der Waals surface area contributed by atoms with E-state index in [2.05, 4.69) is 15.9 Å². The lowest BCUT2D eigenvalue weighted by molar-refractivity contribution is -0.385. The highest BCUT2D eigenvalue weighted by atomic mass is 79.9. The first-order valence-electron chi connectivity index (χ1n) is 6.45. The number of hydrogen-bond donors (Lipinski definition) is 0. The lowest BCUT2D eigenvalue weighted by Crippen LogP contribution is -1.95. The van der Waals surface area contributed by atoms with Gasteiger partial charge >= 0.3 is 5.69 Å². The largest absolute Gasteiger partial charge is 0.494 e. The van der Waals surface area contributed by atoms with Crippen molar-refractivity contribution in [3.63, 3.8) is 0 Å². The molecule has 0 N–H and O–H groups in total. The van der Waals surface area contributed by atoms with E-state index in [1.165, 1.54) is 6.07 Å². The SMILES string of the molecule is CCCOc1ccc(Oc2ccc(Br)cc2[N+](=O)[O-])cc1. The van der Waals surface area contributed by atoms with Gasteiger partial charge in [-0.3, -0.25) is 10.1 Å². The Hall–Kier alpha value is -2.08. The molecule has 0 spiro atoms. The molecule has 2 aromatic carbocycles. The lowest BCUT2D eigenvalue weighted by atomic mass is 10.3. The summed E-state index contributed by atoms with van der Waals surface area (Å²) in [6, 6.07) is 11.7. The van der Waals surface area contributed by atoms with Gasteiger partial charge in [0, 0.05) is 10.5 Å². The summed E-state index contributed by atoms with van der Waals surface area (Å²) in [6.07, 6.45) is 0.934. The molecule has 21 heavy (non-hydrogen) atoms. The van der Waals surface area contributed by atoms with Crippen LogP contribution in [0.4, 0.5) is 5.69 Å². The quantitative estimate of drug-likeness (QED) is 0.546. The zero-order chi connectivity index (χ0) is 15.2. The molecule has 2 aromatic rings. The van der Waals surface area contributed by atoms with Gasteiger partial charge in [-0.1, -0.05) is 22.9 Å². The standard InChI is InChI=1S/C15H14BrNO4/c1-2-9-20-12-4-6-13(7-5-12)21-15-8-3-11(16)10-14(15)17(18)19/h3-8,10H,2,9H2,1H3. The van der Waals surface area contributed by atoms with Crippen molar-refractivity contribution in [2.75, 3.05) is 6.61 Å². The van der Waals surface area contributed by atoms with Gasteiger partial charge in [0.25, 0.3) is 0 Å². The Bertz CT molecular complexity index is 628. The van der Waals surface area contributed by atoms with Crippen LogP contribution >= 0.6 is 15.9 Å². The van der Waals surface area contributed by atoms with Crippen molar-refractivity contribution in [3.8, 4) is 17.2 Å². The molecule has 0 unspecified atom stereocenters. The van der Waals surface area contributed by atoms with E-state index in [-0.39, 0.29) is 11.4 Å². The third-order valence-corrected chi connectivity index (χ3v) is 3.14. The second kappa shape index (κ2) is 7.08. The molecule has 0 saturated heterocycles. The maximum atomic E-state index is 11.0. The third-order valence-electron chi connectivity index (χ3n) is 2.64. The van der Waals surface area contributed by atoms with E-state index in [0.717, 1.165) is 12.2 Å². The van der Waals surface area contributed by atoms with Gasteiger partial charge in [-0.05, 0) is 42.8 Å². The molecule has 0 atom stereocenters. The molecule has 0 fully saturated rings. The first-order chi connectivity index (χ1) is 10.1. The maximum absolute atomic E-state index is 11.0. The Morgan fingerprint density at radius 3 is 2.43 bits per heavy atom. The molecular weight excluding hydrogens is 338 g/mol. The third kappa shape index (κ3) is 4.19. The Kier molecular flexibility index (Phi) is 5.16. The molecule has 6 heteroatoms. The molecule has 0 aliphatic rings. The van der Waals surface area contributed by atoms with Crippen molar-refractivity contribution >= 4 is 21.6 Å². The first kappa shape index (κ1) is 15.3. The van der Waals surface area contributed by atoms with Crippen LogP contribution in [0.3, 0.4) is 0 Å². The number of nitro groups is 1. The van der Waals surface area contributed by atoms with Crippen molar-refractivity contribution in [1.29, 1.82) is 0 Å². The van der Waals surface area contributed by atoms with Crippen LogP contribution in [0.1, 0.15) is 13.3 Å². The van der Waals surface area contributed by atoms with Crippen LogP contribution in [-0.2, 0) is 0 Å². The summed E-state index contributed by atoms with van der Waals surface area (Å²) in [5.41, 5.74) is -0.0873. The molecule has 0 aliphatic carbocycles. The minimum atomic E-state index is -0.473. The summed E-state index contributed by atoms with van der Waals surface area (Å²) >= 11 is 3.21. The number of ether oxygens (including phenoxy) is 2. The van der Waals surface area contributed by atoms with E-state index in [1.54, 1.807) is 36.4 Å². The van der Waals surface area contributed by atoms with Gasteiger partial charge in [0.2, 0.25) is 5.75 Å². The van der Waals surface area contributed by atoms with Gasteiger partial charge in [0.05, 0.1) is 11.5 Å². The van der Waals surface area contributed by atoms with Gasteiger partial charge < -0.3 is 9.47 Å². The van der Waals surface area contributed by atoms with Gasteiger partial charge in [0.15, 0.2) is 0 Å². The minimum absolute atomic E-state index is 0.0873. The van der Waals surface area contributed by atoms with E-state index in [9.17, 15) is 10.1 Å². The summed E-state index contributed by atoms with van der Waals surface area (Å²) in [5, 5.41) is 11.0. The van der Waals surface area contributed by atoms with Crippen LogP contribution in [0.25, 0.3) is 0 Å². The second-order valence-corrected chi connectivity index (χ2v) is 5.21. The molecular formula is C15H14BrNO4. The molecule has 110 valence electrons. The van der Waals surface area contributed by atoms with Crippen LogP contribution in [-0.4, -0.2) is 11.5 Å². The second-order valence-electron chi connectivity index (χ2n) is 4.29. The van der Waals surface area contributed by atoms with Gasteiger partial charge in [-0.2, -0.15) is 0 Å². The minimum Gasteiger partial charge on any atom is -0.494 e. The zero-order valence-electron chi connectivity index (χ0n) is 11.4. The van der Waals surface area contributed by atoms with E-state index >= 15 is 0 Å². The summed E-state index contributed by atoms with van der Waals surface area (Å²) in [5.74, 6) is 1.46. The van der Waals surface area contributed by atoms with Crippen molar-refractivity contribution in [2.45, 2.75) is 13.3 Å². The maximum Gasteiger partial charge on any atom is 0.312 e. The fourth-order valence-electron chi connectivity index (χ4n) is 1.67. The Morgan fingerprint density at radius 2 is 1.81 bits per heavy atom. The van der Waals surface area contributed by atoms with E-state index in [4.69, 9.17) is 9.47 Å². The molecule has 0 saturated carbocycles. The monoisotopic (exact) mass is 351 g/mol. The Labute approximate surface area is 130 Å². The average Bonchev–Trinajstić information content (AvgIpc) is 2.48. The molecule has 0 aliphatic heterocycles. The van der Waals surface area contributed by atoms with Crippen LogP contribution in [0, 0.1) is 10.1 Å². The fraction of sp³-hybridized carbons (Fsp3) is 0.200. The fourth-order valence-corrected chi connectivity index (χ4v) is 2.02. The topological polar surface area (TPSA) is 61.6 Å².